The fourth-order valence-corrected chi connectivity index (χ4v) is 1.99. The average molecular weight is 212 g/mol. The third kappa shape index (κ3) is 1.13. The first-order chi connectivity index (χ1) is 7.77. The Hall–Kier alpha value is -2.23. The van der Waals surface area contributed by atoms with Crippen LogP contribution in [0.25, 0.3) is 22.2 Å². The van der Waals surface area contributed by atoms with Gasteiger partial charge in [0.2, 0.25) is 0 Å². The molecule has 4 heteroatoms. The summed E-state index contributed by atoms with van der Waals surface area (Å²) in [5.41, 5.74) is 9.61. The molecule has 3 rings (SSSR count). The molecule has 0 radical (unpaired) electrons. The molecule has 0 saturated carbocycles. The minimum atomic E-state index is 0.726. The van der Waals surface area contributed by atoms with Crippen molar-refractivity contribution in [3.8, 4) is 11.3 Å². The Labute approximate surface area is 92.7 Å². The van der Waals surface area contributed by atoms with Crippen LogP contribution >= 0.6 is 0 Å². The Kier molecular flexibility index (Phi) is 1.77. The number of aromatic nitrogens is 3. The second-order valence-electron chi connectivity index (χ2n) is 3.81. The van der Waals surface area contributed by atoms with Crippen molar-refractivity contribution < 1.29 is 0 Å². The molecule has 3 aromatic rings. The Bertz CT molecular complexity index is 648. The normalized spacial score (nSPS) is 11.1. The number of fused-ring (bicyclic) bond motifs is 1. The Morgan fingerprint density at radius 3 is 2.81 bits per heavy atom. The maximum Gasteiger partial charge on any atom is 0.104 e. The number of nitrogens with zero attached hydrogens (tertiary/aromatic N) is 2. The molecule has 16 heavy (non-hydrogen) atoms. The van der Waals surface area contributed by atoms with Crippen LogP contribution in [0.3, 0.4) is 0 Å². The zero-order chi connectivity index (χ0) is 11.1. The zero-order valence-electron chi connectivity index (χ0n) is 8.94. The minimum absolute atomic E-state index is 0.726. The molecule has 3 N–H and O–H groups in total. The highest BCUT2D eigenvalue weighted by Gasteiger charge is 2.12. The molecule has 1 aromatic carbocycles. The molecule has 0 atom stereocenters. The van der Waals surface area contributed by atoms with Gasteiger partial charge in [0.15, 0.2) is 0 Å². The molecular weight excluding hydrogens is 200 g/mol. The Morgan fingerprint density at radius 1 is 1.25 bits per heavy atom. The first kappa shape index (κ1) is 9.03. The molecule has 2 aromatic heterocycles. The summed E-state index contributed by atoms with van der Waals surface area (Å²) in [5, 5.41) is 5.63. The van der Waals surface area contributed by atoms with Crippen molar-refractivity contribution in [1.29, 1.82) is 0 Å². The van der Waals surface area contributed by atoms with Gasteiger partial charge in [-0.05, 0) is 6.07 Å². The monoisotopic (exact) mass is 212 g/mol. The summed E-state index contributed by atoms with van der Waals surface area (Å²) < 4.78 is 1.87. The van der Waals surface area contributed by atoms with Crippen molar-refractivity contribution in [1.82, 2.24) is 14.8 Å². The van der Waals surface area contributed by atoms with E-state index in [0.29, 0.717) is 0 Å². The highest BCUT2D eigenvalue weighted by Crippen LogP contribution is 2.30. The van der Waals surface area contributed by atoms with E-state index >= 15 is 0 Å². The highest BCUT2D eigenvalue weighted by molar-refractivity contribution is 5.95. The summed E-state index contributed by atoms with van der Waals surface area (Å²) >= 11 is 0. The lowest BCUT2D eigenvalue weighted by atomic mass is 10.1. The van der Waals surface area contributed by atoms with E-state index in [2.05, 4.69) is 22.2 Å². The van der Waals surface area contributed by atoms with Crippen molar-refractivity contribution >= 4 is 16.6 Å². The number of hydrogen-bond donors (Lipinski definition) is 2. The molecule has 0 spiro atoms. The first-order valence-electron chi connectivity index (χ1n) is 5.12. The standard InChI is InChI=1S/C12H12N4/c1-16-11-5-3-2-4-8(11)12(15-16)9-6-14-7-10(9)13/h2-7,14H,13H2,1H3. The van der Waals surface area contributed by atoms with Gasteiger partial charge in [-0.2, -0.15) is 5.10 Å². The molecule has 0 unspecified atom stereocenters. The van der Waals surface area contributed by atoms with Gasteiger partial charge in [0.1, 0.15) is 5.69 Å². The number of anilines is 1. The van der Waals surface area contributed by atoms with Crippen LogP contribution < -0.4 is 5.73 Å². The van der Waals surface area contributed by atoms with Crippen molar-refractivity contribution in [2.45, 2.75) is 0 Å². The fraction of sp³-hybridized carbons (Fsp3) is 0.0833. The lowest BCUT2D eigenvalue weighted by molar-refractivity contribution is 0.801. The van der Waals surface area contributed by atoms with E-state index in [0.717, 1.165) is 27.8 Å². The van der Waals surface area contributed by atoms with Gasteiger partial charge in [-0.25, -0.2) is 0 Å². The molecule has 0 amide bonds. The van der Waals surface area contributed by atoms with Crippen LogP contribution in [0.5, 0.6) is 0 Å². The average Bonchev–Trinajstić information content (AvgIpc) is 2.84. The van der Waals surface area contributed by atoms with Crippen molar-refractivity contribution in [3.63, 3.8) is 0 Å². The predicted molar refractivity (Wildman–Crippen MR) is 64.9 cm³/mol. The summed E-state index contributed by atoms with van der Waals surface area (Å²) in [4.78, 5) is 3.00. The molecule has 4 nitrogen and oxygen atoms in total. The molecule has 0 fully saturated rings. The van der Waals surface area contributed by atoms with Crippen LogP contribution in [0.4, 0.5) is 5.69 Å². The maximum absolute atomic E-state index is 5.89. The molecule has 0 aliphatic heterocycles. The van der Waals surface area contributed by atoms with Gasteiger partial charge in [-0.3, -0.25) is 4.68 Å². The van der Waals surface area contributed by atoms with E-state index < -0.39 is 0 Å². The first-order valence-corrected chi connectivity index (χ1v) is 5.12. The molecule has 0 aliphatic carbocycles. The van der Waals surface area contributed by atoms with E-state index in [1.807, 2.05) is 30.1 Å². The topological polar surface area (TPSA) is 59.6 Å². The largest absolute Gasteiger partial charge is 0.397 e. The summed E-state index contributed by atoms with van der Waals surface area (Å²) in [6.45, 7) is 0. The van der Waals surface area contributed by atoms with Gasteiger partial charge >= 0.3 is 0 Å². The smallest absolute Gasteiger partial charge is 0.104 e. The number of aromatic amines is 1. The van der Waals surface area contributed by atoms with E-state index in [1.165, 1.54) is 0 Å². The highest BCUT2D eigenvalue weighted by atomic mass is 15.3. The van der Waals surface area contributed by atoms with E-state index in [9.17, 15) is 0 Å². The number of nitrogen functional groups attached to an aromatic ring is 1. The van der Waals surface area contributed by atoms with Crippen LogP contribution in [0.1, 0.15) is 0 Å². The SMILES string of the molecule is Cn1nc(-c2c[nH]cc2N)c2ccccc21. The molecular formula is C12H12N4. The molecule has 0 saturated heterocycles. The molecule has 2 heterocycles. The fourth-order valence-electron chi connectivity index (χ4n) is 1.99. The quantitative estimate of drug-likeness (QED) is 0.649. The predicted octanol–water partition coefficient (Wildman–Crippen LogP) is 2.15. The van der Waals surface area contributed by atoms with Crippen LogP contribution in [0.2, 0.25) is 0 Å². The second kappa shape index (κ2) is 3.13. The number of hydrogen-bond acceptors (Lipinski definition) is 2. The number of H-pyrrole nitrogens is 1. The van der Waals surface area contributed by atoms with Crippen molar-refractivity contribution in [3.05, 3.63) is 36.7 Å². The second-order valence-corrected chi connectivity index (χ2v) is 3.81. The van der Waals surface area contributed by atoms with Crippen LogP contribution in [-0.2, 0) is 7.05 Å². The van der Waals surface area contributed by atoms with E-state index in [1.54, 1.807) is 6.20 Å². The van der Waals surface area contributed by atoms with Crippen molar-refractivity contribution in [2.75, 3.05) is 5.73 Å². The lowest BCUT2D eigenvalue weighted by Crippen LogP contribution is -1.90. The third-order valence-corrected chi connectivity index (χ3v) is 2.79. The molecule has 0 aliphatic rings. The number of benzene rings is 1. The number of para-hydroxylation sites is 1. The van der Waals surface area contributed by atoms with Crippen LogP contribution in [0.15, 0.2) is 36.7 Å². The lowest BCUT2D eigenvalue weighted by Gasteiger charge is -1.94. The van der Waals surface area contributed by atoms with Crippen molar-refractivity contribution in [2.24, 2.45) is 7.05 Å². The van der Waals surface area contributed by atoms with Gasteiger partial charge in [0.25, 0.3) is 0 Å². The van der Waals surface area contributed by atoms with Crippen LogP contribution in [-0.4, -0.2) is 14.8 Å². The summed E-state index contributed by atoms with van der Waals surface area (Å²) in [6, 6.07) is 8.13. The number of nitrogens with one attached hydrogen (secondary N) is 1. The van der Waals surface area contributed by atoms with Gasteiger partial charge in [0, 0.05) is 30.4 Å². The molecule has 0 bridgehead atoms. The maximum atomic E-state index is 5.89. The number of nitrogens with two attached hydrogens (primary N) is 1. The summed E-state index contributed by atoms with van der Waals surface area (Å²) in [7, 11) is 1.94. The van der Waals surface area contributed by atoms with Crippen LogP contribution in [0, 0.1) is 0 Å². The Morgan fingerprint density at radius 2 is 2.06 bits per heavy atom. The number of aryl methyl sites for hydroxylation is 1. The minimum Gasteiger partial charge on any atom is -0.397 e. The Balaban J connectivity index is 2.37. The number of rotatable bonds is 1. The van der Waals surface area contributed by atoms with Gasteiger partial charge in [-0.15, -0.1) is 0 Å². The summed E-state index contributed by atoms with van der Waals surface area (Å²) in [6.07, 6.45) is 3.66. The molecule has 80 valence electrons. The van der Waals surface area contributed by atoms with Gasteiger partial charge < -0.3 is 10.7 Å². The third-order valence-electron chi connectivity index (χ3n) is 2.79. The van der Waals surface area contributed by atoms with Gasteiger partial charge in [-0.1, -0.05) is 18.2 Å². The van der Waals surface area contributed by atoms with E-state index in [4.69, 9.17) is 5.73 Å². The van der Waals surface area contributed by atoms with E-state index in [-0.39, 0.29) is 0 Å². The van der Waals surface area contributed by atoms with Gasteiger partial charge in [0.05, 0.1) is 11.2 Å². The zero-order valence-corrected chi connectivity index (χ0v) is 8.94. The summed E-state index contributed by atoms with van der Waals surface area (Å²) in [5.74, 6) is 0.